The summed E-state index contributed by atoms with van der Waals surface area (Å²) >= 11 is 6.45. The summed E-state index contributed by atoms with van der Waals surface area (Å²) in [5, 5.41) is 0.281. The molecular formula is C4H8Br2O. The van der Waals surface area contributed by atoms with Gasteiger partial charge >= 0.3 is 0 Å². The number of ether oxygens (including phenoxy) is 1. The summed E-state index contributed by atoms with van der Waals surface area (Å²) in [4.78, 5) is 0. The Balaban J connectivity index is 2.95. The minimum atomic E-state index is 0.141. The molecule has 0 aromatic carbocycles. The normalized spacial score (nSPS) is 18.9. The average Bonchev–Trinajstić information content (AvgIpc) is 1.27. The van der Waals surface area contributed by atoms with E-state index in [0.717, 1.165) is 0 Å². The van der Waals surface area contributed by atoms with Crippen LogP contribution >= 0.6 is 31.9 Å². The Bertz CT molecular complexity index is 39.0. The zero-order valence-electron chi connectivity index (χ0n) is 4.32. The van der Waals surface area contributed by atoms with Gasteiger partial charge < -0.3 is 4.74 Å². The fourth-order valence-electron chi connectivity index (χ4n) is 0.258. The van der Waals surface area contributed by atoms with Gasteiger partial charge in [0, 0.05) is 0 Å². The summed E-state index contributed by atoms with van der Waals surface area (Å²) in [6.07, 6.45) is 0. The van der Waals surface area contributed by atoms with Gasteiger partial charge in [0.15, 0.2) is 0 Å². The Labute approximate surface area is 60.7 Å². The summed E-state index contributed by atoms with van der Waals surface area (Å²) in [6, 6.07) is 0. The van der Waals surface area contributed by atoms with Crippen molar-refractivity contribution in [2.45, 2.75) is 23.9 Å². The Kier molecular flexibility index (Phi) is 4.37. The smallest absolute Gasteiger partial charge is 0.111 e. The second kappa shape index (κ2) is 3.87. The van der Waals surface area contributed by atoms with Crippen molar-refractivity contribution < 1.29 is 4.74 Å². The van der Waals surface area contributed by atoms with Crippen molar-refractivity contribution in [2.24, 2.45) is 0 Å². The van der Waals surface area contributed by atoms with Crippen molar-refractivity contribution in [1.82, 2.24) is 0 Å². The van der Waals surface area contributed by atoms with Crippen molar-refractivity contribution in [3.8, 4) is 0 Å². The summed E-state index contributed by atoms with van der Waals surface area (Å²) < 4.78 is 5.08. The Hall–Kier alpha value is 0.920. The van der Waals surface area contributed by atoms with Crippen LogP contribution in [-0.4, -0.2) is 10.0 Å². The van der Waals surface area contributed by atoms with Crippen molar-refractivity contribution in [3.63, 3.8) is 0 Å². The van der Waals surface area contributed by atoms with Gasteiger partial charge in [0.05, 0.1) is 0 Å². The molecule has 0 rings (SSSR count). The summed E-state index contributed by atoms with van der Waals surface area (Å²) in [7, 11) is 0. The molecule has 0 aliphatic rings. The molecule has 1 nitrogen and oxygen atoms in total. The molecular weight excluding hydrogens is 224 g/mol. The highest BCUT2D eigenvalue weighted by Crippen LogP contribution is 2.07. The predicted octanol–water partition coefficient (Wildman–Crippen LogP) is 2.48. The Morgan fingerprint density at radius 2 is 1.43 bits per heavy atom. The van der Waals surface area contributed by atoms with E-state index in [1.54, 1.807) is 0 Å². The quantitative estimate of drug-likeness (QED) is 0.664. The largest absolute Gasteiger partial charge is 0.353 e. The average molecular weight is 232 g/mol. The molecule has 0 aliphatic carbocycles. The van der Waals surface area contributed by atoms with Gasteiger partial charge in [-0.25, -0.2) is 0 Å². The molecule has 2 atom stereocenters. The number of alkyl halides is 2. The summed E-state index contributed by atoms with van der Waals surface area (Å²) in [6.45, 7) is 3.86. The number of rotatable bonds is 2. The van der Waals surface area contributed by atoms with E-state index in [2.05, 4.69) is 31.9 Å². The van der Waals surface area contributed by atoms with Gasteiger partial charge in [0.25, 0.3) is 0 Å². The lowest BCUT2D eigenvalue weighted by atomic mass is 10.8. The molecule has 0 radical (unpaired) electrons. The SMILES string of the molecule is CC(Br)OC(C)Br. The Morgan fingerprint density at radius 1 is 1.14 bits per heavy atom. The van der Waals surface area contributed by atoms with E-state index < -0.39 is 0 Å². The number of hydrogen-bond donors (Lipinski definition) is 0. The first-order valence-corrected chi connectivity index (χ1v) is 3.89. The molecule has 0 aliphatic heterocycles. The zero-order valence-corrected chi connectivity index (χ0v) is 7.49. The fraction of sp³-hybridized carbons (Fsp3) is 1.00. The zero-order chi connectivity index (χ0) is 5.86. The maximum absolute atomic E-state index is 5.08. The lowest BCUT2D eigenvalue weighted by molar-refractivity contribution is 0.122. The molecule has 3 heteroatoms. The molecule has 44 valence electrons. The lowest BCUT2D eigenvalue weighted by Gasteiger charge is -2.06. The third-order valence-electron chi connectivity index (χ3n) is 0.375. The molecule has 0 saturated heterocycles. The van der Waals surface area contributed by atoms with Crippen molar-refractivity contribution in [3.05, 3.63) is 0 Å². The highest BCUT2D eigenvalue weighted by Gasteiger charge is 1.97. The molecule has 0 fully saturated rings. The summed E-state index contributed by atoms with van der Waals surface area (Å²) in [5.74, 6) is 0. The standard InChI is InChI=1S/C4H8Br2O/c1-3(5)7-4(2)6/h3-4H,1-2H3. The Morgan fingerprint density at radius 3 is 1.43 bits per heavy atom. The van der Waals surface area contributed by atoms with Gasteiger partial charge in [-0.3, -0.25) is 0 Å². The van der Waals surface area contributed by atoms with Crippen molar-refractivity contribution in [2.75, 3.05) is 0 Å². The monoisotopic (exact) mass is 230 g/mol. The van der Waals surface area contributed by atoms with Gasteiger partial charge in [-0.05, 0) is 13.8 Å². The van der Waals surface area contributed by atoms with E-state index in [9.17, 15) is 0 Å². The van der Waals surface area contributed by atoms with Crippen LogP contribution in [0.3, 0.4) is 0 Å². The molecule has 0 aromatic heterocycles. The second-order valence-corrected chi connectivity index (χ2v) is 3.80. The first-order valence-electron chi connectivity index (χ1n) is 2.06. The topological polar surface area (TPSA) is 9.23 Å². The van der Waals surface area contributed by atoms with Crippen LogP contribution in [0, 0.1) is 0 Å². The van der Waals surface area contributed by atoms with Gasteiger partial charge in [0.2, 0.25) is 0 Å². The van der Waals surface area contributed by atoms with Gasteiger partial charge in [-0.15, -0.1) is 0 Å². The van der Waals surface area contributed by atoms with Crippen LogP contribution in [0.1, 0.15) is 13.8 Å². The third-order valence-corrected chi connectivity index (χ3v) is 0.807. The van der Waals surface area contributed by atoms with Gasteiger partial charge in [0.1, 0.15) is 10.0 Å². The molecule has 0 aromatic rings. The van der Waals surface area contributed by atoms with Crippen LogP contribution in [0.2, 0.25) is 0 Å². The molecule has 2 unspecified atom stereocenters. The maximum atomic E-state index is 5.08. The van der Waals surface area contributed by atoms with E-state index in [1.807, 2.05) is 13.8 Å². The highest BCUT2D eigenvalue weighted by molar-refractivity contribution is 9.10. The predicted molar refractivity (Wildman–Crippen MR) is 37.9 cm³/mol. The van der Waals surface area contributed by atoms with Crippen LogP contribution in [0.25, 0.3) is 0 Å². The molecule has 0 amide bonds. The second-order valence-electron chi connectivity index (χ2n) is 1.22. The van der Waals surface area contributed by atoms with Crippen LogP contribution in [-0.2, 0) is 4.74 Å². The third kappa shape index (κ3) is 6.92. The van der Waals surface area contributed by atoms with Crippen LogP contribution in [0.4, 0.5) is 0 Å². The van der Waals surface area contributed by atoms with Gasteiger partial charge in [-0.1, -0.05) is 31.9 Å². The van der Waals surface area contributed by atoms with E-state index in [4.69, 9.17) is 4.74 Å². The van der Waals surface area contributed by atoms with Crippen molar-refractivity contribution >= 4 is 31.9 Å². The summed E-state index contributed by atoms with van der Waals surface area (Å²) in [5.41, 5.74) is 0. The van der Waals surface area contributed by atoms with Crippen LogP contribution in [0.5, 0.6) is 0 Å². The van der Waals surface area contributed by atoms with E-state index in [0.29, 0.717) is 0 Å². The minimum absolute atomic E-state index is 0.141. The molecule has 0 heterocycles. The van der Waals surface area contributed by atoms with Crippen LogP contribution in [0.15, 0.2) is 0 Å². The maximum Gasteiger partial charge on any atom is 0.111 e. The lowest BCUT2D eigenvalue weighted by Crippen LogP contribution is -2.03. The van der Waals surface area contributed by atoms with E-state index in [-0.39, 0.29) is 10.0 Å². The number of hydrogen-bond acceptors (Lipinski definition) is 1. The minimum Gasteiger partial charge on any atom is -0.353 e. The van der Waals surface area contributed by atoms with E-state index in [1.165, 1.54) is 0 Å². The first kappa shape index (κ1) is 7.92. The van der Waals surface area contributed by atoms with Gasteiger partial charge in [-0.2, -0.15) is 0 Å². The number of halogens is 2. The molecule has 7 heavy (non-hydrogen) atoms. The molecule has 0 saturated carbocycles. The highest BCUT2D eigenvalue weighted by atomic mass is 79.9. The van der Waals surface area contributed by atoms with E-state index >= 15 is 0 Å². The fourth-order valence-corrected chi connectivity index (χ4v) is 1.20. The van der Waals surface area contributed by atoms with Crippen molar-refractivity contribution in [1.29, 1.82) is 0 Å². The molecule has 0 N–H and O–H groups in total. The molecule has 0 bridgehead atoms. The van der Waals surface area contributed by atoms with Crippen LogP contribution < -0.4 is 0 Å². The molecule has 0 spiro atoms. The first-order chi connectivity index (χ1) is 3.13.